The molecule has 3 atom stereocenters. The first-order valence-electron chi connectivity index (χ1n) is 12.3. The number of carbonyl (C=O) groups excluding carboxylic acids is 3. The zero-order valence-electron chi connectivity index (χ0n) is 21.8. The molecular formula is C25H42BN3O6. The Labute approximate surface area is 209 Å². The van der Waals surface area contributed by atoms with Gasteiger partial charge in [0.1, 0.15) is 18.7 Å². The van der Waals surface area contributed by atoms with E-state index in [0.29, 0.717) is 19.3 Å². The van der Waals surface area contributed by atoms with Crippen LogP contribution in [0.2, 0.25) is 0 Å². The van der Waals surface area contributed by atoms with Gasteiger partial charge in [-0.2, -0.15) is 0 Å². The molecule has 1 aromatic rings. The molecule has 1 aromatic carbocycles. The Morgan fingerprint density at radius 3 is 1.74 bits per heavy atom. The van der Waals surface area contributed by atoms with E-state index in [2.05, 4.69) is 16.0 Å². The smallest absolute Gasteiger partial charge is 0.445 e. The fraction of sp³-hybridized carbons (Fsp3) is 0.640. The van der Waals surface area contributed by atoms with E-state index in [9.17, 15) is 24.4 Å². The van der Waals surface area contributed by atoms with E-state index in [1.807, 2.05) is 71.9 Å². The highest BCUT2D eigenvalue weighted by atomic mass is 16.5. The summed E-state index contributed by atoms with van der Waals surface area (Å²) in [6, 6.07) is 7.42. The fourth-order valence-corrected chi connectivity index (χ4v) is 3.63. The lowest BCUT2D eigenvalue weighted by molar-refractivity contribution is -0.130. The third kappa shape index (κ3) is 12.6. The van der Waals surface area contributed by atoms with E-state index in [1.54, 1.807) is 0 Å². The lowest BCUT2D eigenvalue weighted by Crippen LogP contribution is -2.57. The van der Waals surface area contributed by atoms with Gasteiger partial charge in [0.25, 0.3) is 0 Å². The second-order valence-electron chi connectivity index (χ2n) is 10.2. The van der Waals surface area contributed by atoms with Gasteiger partial charge in [0.2, 0.25) is 11.8 Å². The molecule has 9 nitrogen and oxygen atoms in total. The Hall–Kier alpha value is -2.59. The molecule has 5 N–H and O–H groups in total. The summed E-state index contributed by atoms with van der Waals surface area (Å²) in [5.41, 5.74) is 0.822. The average molecular weight is 491 g/mol. The van der Waals surface area contributed by atoms with Crippen LogP contribution in [0.1, 0.15) is 66.4 Å². The number of ether oxygens (including phenoxy) is 1. The van der Waals surface area contributed by atoms with E-state index < -0.39 is 43.1 Å². The van der Waals surface area contributed by atoms with Gasteiger partial charge < -0.3 is 30.7 Å². The van der Waals surface area contributed by atoms with E-state index in [0.717, 1.165) is 5.56 Å². The van der Waals surface area contributed by atoms with E-state index in [1.165, 1.54) is 0 Å². The second kappa shape index (κ2) is 15.4. The quantitative estimate of drug-likeness (QED) is 0.254. The molecule has 0 bridgehead atoms. The van der Waals surface area contributed by atoms with Crippen LogP contribution in [-0.4, -0.2) is 53.1 Å². The van der Waals surface area contributed by atoms with E-state index >= 15 is 0 Å². The summed E-state index contributed by atoms with van der Waals surface area (Å²) in [7, 11) is -1.72. The van der Waals surface area contributed by atoms with E-state index in [-0.39, 0.29) is 24.4 Å². The molecular weight excluding hydrogens is 449 g/mol. The van der Waals surface area contributed by atoms with Crippen LogP contribution in [0.15, 0.2) is 30.3 Å². The number of rotatable bonds is 14. The van der Waals surface area contributed by atoms with Crippen molar-refractivity contribution in [2.75, 3.05) is 0 Å². The summed E-state index contributed by atoms with van der Waals surface area (Å²) in [5.74, 6) is -1.55. The number of amides is 3. The van der Waals surface area contributed by atoms with Gasteiger partial charge in [-0.25, -0.2) is 4.79 Å². The van der Waals surface area contributed by atoms with Crippen LogP contribution in [0, 0.1) is 17.8 Å². The summed E-state index contributed by atoms with van der Waals surface area (Å²) in [4.78, 5) is 38.5. The molecule has 0 fully saturated rings. The number of alkyl carbamates (subject to hydrolysis) is 1. The second-order valence-corrected chi connectivity index (χ2v) is 10.2. The lowest BCUT2D eigenvalue weighted by atomic mass is 9.75. The highest BCUT2D eigenvalue weighted by molar-refractivity contribution is 6.43. The zero-order valence-corrected chi connectivity index (χ0v) is 21.8. The number of nitrogens with one attached hydrogen (secondary N) is 3. The van der Waals surface area contributed by atoms with E-state index in [4.69, 9.17) is 4.74 Å². The van der Waals surface area contributed by atoms with Crippen molar-refractivity contribution in [3.8, 4) is 0 Å². The standard InChI is InChI=1S/C25H42BN3O6/c1-16(2)12-20(24(31)29-22(26(33)34)14-18(5)6)27-23(30)21(13-17(3)4)28-25(32)35-15-19-10-8-7-9-11-19/h7-11,16-18,20-22,33-34H,12-15H2,1-6H3,(H,27,30)(H,28,32)(H,29,31)/t20-,21+,22+/m1/s1. The van der Waals surface area contributed by atoms with Crippen LogP contribution in [0.4, 0.5) is 4.79 Å². The third-order valence-electron chi connectivity index (χ3n) is 5.28. The van der Waals surface area contributed by atoms with Gasteiger partial charge in [-0.3, -0.25) is 9.59 Å². The Bertz CT molecular complexity index is 789. The minimum absolute atomic E-state index is 0.0712. The van der Waals surface area contributed by atoms with Gasteiger partial charge in [0.15, 0.2) is 0 Å². The summed E-state index contributed by atoms with van der Waals surface area (Å²) in [6.45, 7) is 11.6. The first kappa shape index (κ1) is 30.4. The molecule has 0 unspecified atom stereocenters. The van der Waals surface area contributed by atoms with Crippen molar-refractivity contribution < 1.29 is 29.2 Å². The minimum atomic E-state index is -1.72. The average Bonchev–Trinajstić information content (AvgIpc) is 2.76. The predicted octanol–water partition coefficient (Wildman–Crippen LogP) is 2.40. The molecule has 35 heavy (non-hydrogen) atoms. The van der Waals surface area contributed by atoms with Gasteiger partial charge in [-0.05, 0) is 42.6 Å². The molecule has 196 valence electrons. The highest BCUT2D eigenvalue weighted by Gasteiger charge is 2.32. The molecule has 0 aliphatic rings. The number of hydrogen-bond donors (Lipinski definition) is 5. The van der Waals surface area contributed by atoms with Crippen LogP contribution < -0.4 is 16.0 Å². The van der Waals surface area contributed by atoms with Crippen LogP contribution in [0.5, 0.6) is 0 Å². The first-order valence-corrected chi connectivity index (χ1v) is 12.3. The highest BCUT2D eigenvalue weighted by Crippen LogP contribution is 2.11. The Morgan fingerprint density at radius 1 is 0.771 bits per heavy atom. The van der Waals surface area contributed by atoms with Crippen LogP contribution >= 0.6 is 0 Å². The van der Waals surface area contributed by atoms with Gasteiger partial charge in [0, 0.05) is 0 Å². The van der Waals surface area contributed by atoms with Crippen molar-refractivity contribution in [3.05, 3.63) is 35.9 Å². The van der Waals surface area contributed by atoms with Gasteiger partial charge in [-0.15, -0.1) is 0 Å². The van der Waals surface area contributed by atoms with Crippen molar-refractivity contribution in [1.29, 1.82) is 0 Å². The summed E-state index contributed by atoms with van der Waals surface area (Å²) >= 11 is 0. The summed E-state index contributed by atoms with van der Waals surface area (Å²) in [5, 5.41) is 27.3. The molecule has 10 heteroatoms. The first-order chi connectivity index (χ1) is 16.4. The molecule has 0 saturated heterocycles. The van der Waals surface area contributed by atoms with Crippen molar-refractivity contribution >= 4 is 25.0 Å². The van der Waals surface area contributed by atoms with Gasteiger partial charge in [0.05, 0.1) is 5.94 Å². The maximum atomic E-state index is 13.1. The molecule has 0 aliphatic carbocycles. The normalized spacial score (nSPS) is 13.8. The largest absolute Gasteiger partial charge is 0.475 e. The topological polar surface area (TPSA) is 137 Å². The van der Waals surface area contributed by atoms with Crippen molar-refractivity contribution in [2.24, 2.45) is 17.8 Å². The SMILES string of the molecule is CC(C)C[C@H](NC(=O)[C@@H](CC(C)C)NC(=O)[C@H](CC(C)C)NC(=O)OCc1ccccc1)B(O)O. The molecule has 0 radical (unpaired) electrons. The molecule has 3 amide bonds. The Morgan fingerprint density at radius 2 is 1.26 bits per heavy atom. The van der Waals surface area contributed by atoms with Crippen molar-refractivity contribution in [2.45, 2.75) is 85.4 Å². The summed E-state index contributed by atoms with van der Waals surface area (Å²) < 4.78 is 5.26. The Balaban J connectivity index is 2.87. The van der Waals surface area contributed by atoms with Gasteiger partial charge >= 0.3 is 13.2 Å². The maximum Gasteiger partial charge on any atom is 0.475 e. The van der Waals surface area contributed by atoms with Gasteiger partial charge in [-0.1, -0.05) is 71.9 Å². The number of carbonyl (C=O) groups is 3. The third-order valence-corrected chi connectivity index (χ3v) is 5.28. The minimum Gasteiger partial charge on any atom is -0.445 e. The van der Waals surface area contributed by atoms with Crippen molar-refractivity contribution in [3.63, 3.8) is 0 Å². The van der Waals surface area contributed by atoms with Crippen molar-refractivity contribution in [1.82, 2.24) is 16.0 Å². The fourth-order valence-electron chi connectivity index (χ4n) is 3.63. The maximum absolute atomic E-state index is 13.1. The monoisotopic (exact) mass is 491 g/mol. The molecule has 0 aromatic heterocycles. The number of benzene rings is 1. The molecule has 0 heterocycles. The van der Waals surface area contributed by atoms with Crippen LogP contribution in [-0.2, 0) is 20.9 Å². The molecule has 0 saturated carbocycles. The molecule has 1 rings (SSSR count). The van der Waals surface area contributed by atoms with Crippen LogP contribution in [0.3, 0.4) is 0 Å². The Kier molecular flexibility index (Phi) is 13.4. The lowest BCUT2D eigenvalue weighted by Gasteiger charge is -2.27. The molecule has 0 aliphatic heterocycles. The summed E-state index contributed by atoms with van der Waals surface area (Å²) in [6.07, 6.45) is 0.352. The predicted molar refractivity (Wildman–Crippen MR) is 136 cm³/mol. The zero-order chi connectivity index (χ0) is 26.5. The molecule has 0 spiro atoms. The number of hydrogen-bond acceptors (Lipinski definition) is 6. The van der Waals surface area contributed by atoms with Crippen LogP contribution in [0.25, 0.3) is 0 Å².